The number of nitrogens with zero attached hydrogens (tertiary/aromatic N) is 2. The number of aromatic nitrogens is 3. The second-order valence-electron chi connectivity index (χ2n) is 5.24. The first-order chi connectivity index (χ1) is 12.2. The highest BCUT2D eigenvalue weighted by molar-refractivity contribution is 7.97. The summed E-state index contributed by atoms with van der Waals surface area (Å²) < 4.78 is 5.24. The maximum Gasteiger partial charge on any atom is 0.255 e. The number of thioether (sulfide) groups is 1. The number of thiazole rings is 1. The Balaban J connectivity index is 1.71. The molecule has 0 spiro atoms. The first-order valence-electron chi connectivity index (χ1n) is 7.59. The van der Waals surface area contributed by atoms with Gasteiger partial charge in [-0.05, 0) is 18.4 Å². The van der Waals surface area contributed by atoms with Gasteiger partial charge in [-0.25, -0.2) is 4.98 Å². The molecule has 0 unspecified atom stereocenters. The summed E-state index contributed by atoms with van der Waals surface area (Å²) in [5.41, 5.74) is 2.87. The molecule has 0 bridgehead atoms. The van der Waals surface area contributed by atoms with Crippen molar-refractivity contribution in [2.45, 2.75) is 12.3 Å². The van der Waals surface area contributed by atoms with Crippen molar-refractivity contribution >= 4 is 29.0 Å². The molecule has 2 N–H and O–H groups in total. The number of aromatic amines is 1. The first-order valence-corrected chi connectivity index (χ1v) is 9.87. The van der Waals surface area contributed by atoms with E-state index in [1.54, 1.807) is 30.2 Å². The quantitative estimate of drug-likeness (QED) is 0.663. The number of benzene rings is 1. The van der Waals surface area contributed by atoms with Gasteiger partial charge in [0, 0.05) is 16.7 Å². The van der Waals surface area contributed by atoms with Crippen LogP contribution < -0.4 is 10.1 Å². The Morgan fingerprint density at radius 2 is 2.32 bits per heavy atom. The van der Waals surface area contributed by atoms with Crippen LogP contribution in [-0.4, -0.2) is 34.5 Å². The minimum atomic E-state index is -0.189. The lowest BCUT2D eigenvalue weighted by Crippen LogP contribution is -2.23. The van der Waals surface area contributed by atoms with Crippen LogP contribution in [0.2, 0.25) is 0 Å². The van der Waals surface area contributed by atoms with Crippen LogP contribution in [0.1, 0.15) is 21.1 Å². The first kappa shape index (κ1) is 17.5. The highest BCUT2D eigenvalue weighted by Crippen LogP contribution is 2.25. The molecule has 25 heavy (non-hydrogen) atoms. The van der Waals surface area contributed by atoms with Crippen molar-refractivity contribution in [2.75, 3.05) is 13.4 Å². The minimum Gasteiger partial charge on any atom is -0.497 e. The van der Waals surface area contributed by atoms with Gasteiger partial charge in [-0.3, -0.25) is 9.89 Å². The molecule has 2 heterocycles. The molecule has 0 aliphatic carbocycles. The zero-order chi connectivity index (χ0) is 17.6. The number of rotatable bonds is 7. The summed E-state index contributed by atoms with van der Waals surface area (Å²) in [5.74, 6) is 1.42. The standard InChI is InChI=1S/C17H18N4O2S2/c1-23-13-5-3-4-11(6-13)16-14(8-19-21-16)17(22)18-7-12-9-25-15(20-12)10-24-2/h3-6,8-9H,7,10H2,1-2H3,(H,18,22)(H,19,21). The van der Waals surface area contributed by atoms with E-state index in [0.29, 0.717) is 17.8 Å². The fraction of sp³-hybridized carbons (Fsp3) is 0.235. The fourth-order valence-electron chi connectivity index (χ4n) is 2.34. The molecule has 1 aromatic carbocycles. The lowest BCUT2D eigenvalue weighted by atomic mass is 10.1. The molecule has 0 aliphatic rings. The van der Waals surface area contributed by atoms with Crippen LogP contribution in [0.15, 0.2) is 35.8 Å². The van der Waals surface area contributed by atoms with Crippen LogP contribution in [0.3, 0.4) is 0 Å². The lowest BCUT2D eigenvalue weighted by Gasteiger charge is -2.06. The number of H-pyrrole nitrogens is 1. The van der Waals surface area contributed by atoms with Gasteiger partial charge < -0.3 is 10.1 Å². The Kier molecular flexibility index (Phi) is 5.72. The SMILES string of the molecule is COc1cccc(-c2[nH]ncc2C(=O)NCc2csc(CSC)n2)c1. The van der Waals surface area contributed by atoms with Crippen LogP contribution in [0.5, 0.6) is 5.75 Å². The molecule has 0 atom stereocenters. The predicted molar refractivity (Wildman–Crippen MR) is 101 cm³/mol. The third kappa shape index (κ3) is 4.21. The molecule has 0 saturated heterocycles. The largest absolute Gasteiger partial charge is 0.497 e. The molecule has 8 heteroatoms. The molecule has 1 amide bonds. The van der Waals surface area contributed by atoms with E-state index in [2.05, 4.69) is 20.5 Å². The zero-order valence-corrected chi connectivity index (χ0v) is 15.5. The van der Waals surface area contributed by atoms with E-state index in [1.165, 1.54) is 6.20 Å². The average molecular weight is 374 g/mol. The van der Waals surface area contributed by atoms with Crippen molar-refractivity contribution < 1.29 is 9.53 Å². The van der Waals surface area contributed by atoms with Crippen molar-refractivity contribution in [2.24, 2.45) is 0 Å². The maximum absolute atomic E-state index is 12.5. The van der Waals surface area contributed by atoms with E-state index in [0.717, 1.165) is 27.8 Å². The van der Waals surface area contributed by atoms with Gasteiger partial charge in [0.1, 0.15) is 10.8 Å². The van der Waals surface area contributed by atoms with Gasteiger partial charge >= 0.3 is 0 Å². The number of carbonyl (C=O) groups excluding carboxylic acids is 1. The van der Waals surface area contributed by atoms with E-state index >= 15 is 0 Å². The number of amides is 1. The maximum atomic E-state index is 12.5. The van der Waals surface area contributed by atoms with Gasteiger partial charge in [-0.2, -0.15) is 16.9 Å². The van der Waals surface area contributed by atoms with Gasteiger partial charge in [-0.1, -0.05) is 12.1 Å². The highest BCUT2D eigenvalue weighted by Gasteiger charge is 2.16. The van der Waals surface area contributed by atoms with Crippen molar-refractivity contribution in [1.82, 2.24) is 20.5 Å². The number of ether oxygens (including phenoxy) is 1. The molecular formula is C17H18N4O2S2. The molecular weight excluding hydrogens is 356 g/mol. The van der Waals surface area contributed by atoms with Gasteiger partial charge in [0.05, 0.1) is 36.8 Å². The number of hydrogen-bond acceptors (Lipinski definition) is 6. The third-order valence-corrected chi connectivity index (χ3v) is 5.18. The summed E-state index contributed by atoms with van der Waals surface area (Å²) in [5, 5.41) is 12.9. The summed E-state index contributed by atoms with van der Waals surface area (Å²) in [6, 6.07) is 7.49. The van der Waals surface area contributed by atoms with Crippen molar-refractivity contribution in [3.8, 4) is 17.0 Å². The molecule has 130 valence electrons. The van der Waals surface area contributed by atoms with E-state index in [1.807, 2.05) is 35.9 Å². The van der Waals surface area contributed by atoms with E-state index in [-0.39, 0.29) is 5.91 Å². The Labute approximate surface area is 154 Å². The average Bonchev–Trinajstić information content (AvgIpc) is 3.29. The number of carbonyl (C=O) groups is 1. The molecule has 6 nitrogen and oxygen atoms in total. The van der Waals surface area contributed by atoms with Crippen LogP contribution >= 0.6 is 23.1 Å². The van der Waals surface area contributed by atoms with E-state index in [4.69, 9.17) is 4.74 Å². The third-order valence-electron chi connectivity index (χ3n) is 3.54. The summed E-state index contributed by atoms with van der Waals surface area (Å²) >= 11 is 3.34. The minimum absolute atomic E-state index is 0.189. The molecule has 2 aromatic heterocycles. The normalized spacial score (nSPS) is 10.6. The molecule has 0 fully saturated rings. The Morgan fingerprint density at radius 3 is 3.12 bits per heavy atom. The zero-order valence-electron chi connectivity index (χ0n) is 13.9. The fourth-order valence-corrected chi connectivity index (χ4v) is 3.86. The van der Waals surface area contributed by atoms with Crippen LogP contribution in [0.4, 0.5) is 0 Å². The van der Waals surface area contributed by atoms with Gasteiger partial charge in [-0.15, -0.1) is 11.3 Å². The van der Waals surface area contributed by atoms with Crippen molar-refractivity contribution in [3.05, 3.63) is 52.1 Å². The highest BCUT2D eigenvalue weighted by atomic mass is 32.2. The van der Waals surface area contributed by atoms with Gasteiger partial charge in [0.25, 0.3) is 5.91 Å². The number of hydrogen-bond donors (Lipinski definition) is 2. The summed E-state index contributed by atoms with van der Waals surface area (Å²) in [6.45, 7) is 0.395. The molecule has 0 saturated carbocycles. The lowest BCUT2D eigenvalue weighted by molar-refractivity contribution is 0.0951. The van der Waals surface area contributed by atoms with Crippen LogP contribution in [0, 0.1) is 0 Å². The summed E-state index contributed by atoms with van der Waals surface area (Å²) in [7, 11) is 1.61. The van der Waals surface area contributed by atoms with E-state index in [9.17, 15) is 4.79 Å². The monoisotopic (exact) mass is 374 g/mol. The predicted octanol–water partition coefficient (Wildman–Crippen LogP) is 3.33. The molecule has 3 aromatic rings. The van der Waals surface area contributed by atoms with Crippen LogP contribution in [0.25, 0.3) is 11.3 Å². The number of methoxy groups -OCH3 is 1. The van der Waals surface area contributed by atoms with Crippen molar-refractivity contribution in [1.29, 1.82) is 0 Å². The number of nitrogens with one attached hydrogen (secondary N) is 2. The molecule has 0 radical (unpaired) electrons. The Morgan fingerprint density at radius 1 is 1.44 bits per heavy atom. The van der Waals surface area contributed by atoms with Crippen molar-refractivity contribution in [3.63, 3.8) is 0 Å². The second kappa shape index (κ2) is 8.17. The smallest absolute Gasteiger partial charge is 0.255 e. The Hall–Kier alpha value is -2.32. The molecule has 3 rings (SSSR count). The topological polar surface area (TPSA) is 79.9 Å². The summed E-state index contributed by atoms with van der Waals surface area (Å²) in [4.78, 5) is 17.0. The van der Waals surface area contributed by atoms with Gasteiger partial charge in [0.2, 0.25) is 0 Å². The summed E-state index contributed by atoms with van der Waals surface area (Å²) in [6.07, 6.45) is 3.58. The van der Waals surface area contributed by atoms with Crippen LogP contribution in [-0.2, 0) is 12.3 Å². The van der Waals surface area contributed by atoms with E-state index < -0.39 is 0 Å². The Bertz CT molecular complexity index is 860. The molecule has 0 aliphatic heterocycles. The van der Waals surface area contributed by atoms with Gasteiger partial charge in [0.15, 0.2) is 0 Å². The second-order valence-corrected chi connectivity index (χ2v) is 7.05.